The summed E-state index contributed by atoms with van der Waals surface area (Å²) in [5.41, 5.74) is 6.62. The maximum atomic E-state index is 6.12. The summed E-state index contributed by atoms with van der Waals surface area (Å²) >= 11 is 0. The molecule has 0 spiro atoms. The Morgan fingerprint density at radius 3 is 2.47 bits per heavy atom. The molecule has 0 aromatic carbocycles. The molecule has 0 aromatic rings. The fourth-order valence-electron chi connectivity index (χ4n) is 3.45. The molecule has 1 aliphatic carbocycles. The third-order valence-electron chi connectivity index (χ3n) is 4.55. The van der Waals surface area contributed by atoms with Gasteiger partial charge in [0.05, 0.1) is 0 Å². The van der Waals surface area contributed by atoms with Crippen LogP contribution >= 0.6 is 0 Å². The van der Waals surface area contributed by atoms with Crippen molar-refractivity contribution in [1.29, 1.82) is 0 Å². The van der Waals surface area contributed by atoms with Gasteiger partial charge in [-0.15, -0.1) is 0 Å². The van der Waals surface area contributed by atoms with Crippen molar-refractivity contribution in [2.24, 2.45) is 23.0 Å². The average Bonchev–Trinajstić information content (AvgIpc) is 2.23. The molecule has 2 atom stereocenters. The van der Waals surface area contributed by atoms with E-state index in [9.17, 15) is 0 Å². The largest absolute Gasteiger partial charge is 0.381 e. The topological polar surface area (TPSA) is 35.2 Å². The van der Waals surface area contributed by atoms with Gasteiger partial charge in [0.25, 0.3) is 0 Å². The summed E-state index contributed by atoms with van der Waals surface area (Å²) in [5.74, 6) is 1.69. The van der Waals surface area contributed by atoms with E-state index < -0.39 is 0 Å². The third kappa shape index (κ3) is 2.54. The van der Waals surface area contributed by atoms with Crippen LogP contribution in [0.1, 0.15) is 46.0 Å². The summed E-state index contributed by atoms with van der Waals surface area (Å²) in [7, 11) is 0. The Hall–Kier alpha value is -0.0800. The minimum atomic E-state index is 0.450. The fourth-order valence-corrected chi connectivity index (χ4v) is 3.45. The highest BCUT2D eigenvalue weighted by Crippen LogP contribution is 2.46. The van der Waals surface area contributed by atoms with E-state index in [-0.39, 0.29) is 0 Å². The van der Waals surface area contributed by atoms with E-state index in [0.29, 0.717) is 11.5 Å². The highest BCUT2D eigenvalue weighted by atomic mass is 16.5. The maximum Gasteiger partial charge on any atom is 0.0468 e. The number of hydrogen-bond acceptors (Lipinski definition) is 2. The van der Waals surface area contributed by atoms with Crippen LogP contribution in [-0.4, -0.2) is 19.3 Å². The lowest BCUT2D eigenvalue weighted by Gasteiger charge is -2.46. The SMILES string of the molecule is CC1(C)CCC(N)CC1C1CCOCC1. The summed E-state index contributed by atoms with van der Waals surface area (Å²) < 4.78 is 5.45. The summed E-state index contributed by atoms with van der Waals surface area (Å²) in [6.07, 6.45) is 6.25. The summed E-state index contributed by atoms with van der Waals surface area (Å²) in [6, 6.07) is 0.450. The van der Waals surface area contributed by atoms with Gasteiger partial charge in [0.15, 0.2) is 0 Å². The number of nitrogens with two attached hydrogens (primary N) is 1. The van der Waals surface area contributed by atoms with Gasteiger partial charge in [0.1, 0.15) is 0 Å². The predicted octanol–water partition coefficient (Wildman–Crippen LogP) is 2.57. The molecule has 2 N–H and O–H groups in total. The van der Waals surface area contributed by atoms with Crippen LogP contribution in [-0.2, 0) is 4.74 Å². The molecule has 2 fully saturated rings. The molecule has 1 saturated heterocycles. The molecule has 1 heterocycles. The van der Waals surface area contributed by atoms with Gasteiger partial charge in [0.2, 0.25) is 0 Å². The molecule has 15 heavy (non-hydrogen) atoms. The molecule has 2 nitrogen and oxygen atoms in total. The molecule has 0 bridgehead atoms. The first-order valence-electron chi connectivity index (χ1n) is 6.43. The Morgan fingerprint density at radius 1 is 1.13 bits per heavy atom. The first kappa shape index (κ1) is 11.4. The molecule has 1 aliphatic heterocycles. The first-order chi connectivity index (χ1) is 7.09. The lowest BCUT2D eigenvalue weighted by molar-refractivity contribution is -0.00512. The van der Waals surface area contributed by atoms with Crippen molar-refractivity contribution in [2.45, 2.75) is 52.0 Å². The monoisotopic (exact) mass is 211 g/mol. The van der Waals surface area contributed by atoms with Crippen LogP contribution in [0.25, 0.3) is 0 Å². The normalized spacial score (nSPS) is 37.8. The quantitative estimate of drug-likeness (QED) is 0.723. The van der Waals surface area contributed by atoms with Gasteiger partial charge in [-0.05, 0) is 49.4 Å². The molecule has 2 heteroatoms. The Balaban J connectivity index is 2.02. The molecule has 2 aliphatic rings. The second-order valence-corrected chi connectivity index (χ2v) is 6.08. The molecule has 2 rings (SSSR count). The summed E-state index contributed by atoms with van der Waals surface area (Å²) in [4.78, 5) is 0. The highest BCUT2D eigenvalue weighted by molar-refractivity contribution is 4.91. The number of ether oxygens (including phenoxy) is 1. The zero-order chi connectivity index (χ0) is 10.9. The van der Waals surface area contributed by atoms with Crippen LogP contribution in [0, 0.1) is 17.3 Å². The molecule has 0 aromatic heterocycles. The predicted molar refractivity (Wildman–Crippen MR) is 62.6 cm³/mol. The molecular formula is C13H25NO. The van der Waals surface area contributed by atoms with Gasteiger partial charge < -0.3 is 10.5 Å². The second-order valence-electron chi connectivity index (χ2n) is 6.08. The van der Waals surface area contributed by atoms with Gasteiger partial charge in [-0.2, -0.15) is 0 Å². The van der Waals surface area contributed by atoms with E-state index in [4.69, 9.17) is 10.5 Å². The third-order valence-corrected chi connectivity index (χ3v) is 4.55. The van der Waals surface area contributed by atoms with Gasteiger partial charge in [-0.3, -0.25) is 0 Å². The second kappa shape index (κ2) is 4.42. The Morgan fingerprint density at radius 2 is 1.80 bits per heavy atom. The highest BCUT2D eigenvalue weighted by Gasteiger charge is 2.40. The van der Waals surface area contributed by atoms with Crippen LogP contribution in [0.4, 0.5) is 0 Å². The van der Waals surface area contributed by atoms with E-state index in [1.807, 2.05) is 0 Å². The van der Waals surface area contributed by atoms with Crippen molar-refractivity contribution in [2.75, 3.05) is 13.2 Å². The van der Waals surface area contributed by atoms with Crippen LogP contribution < -0.4 is 5.73 Å². The van der Waals surface area contributed by atoms with Crippen LogP contribution in [0.3, 0.4) is 0 Å². The Kier molecular flexibility index (Phi) is 3.36. The molecule has 1 saturated carbocycles. The lowest BCUT2D eigenvalue weighted by atomic mass is 9.61. The number of rotatable bonds is 1. The van der Waals surface area contributed by atoms with Gasteiger partial charge >= 0.3 is 0 Å². The summed E-state index contributed by atoms with van der Waals surface area (Å²) in [6.45, 7) is 6.79. The van der Waals surface area contributed by atoms with E-state index in [0.717, 1.165) is 25.0 Å². The molecular weight excluding hydrogens is 186 g/mol. The lowest BCUT2D eigenvalue weighted by Crippen LogP contribution is -2.43. The van der Waals surface area contributed by atoms with Crippen LogP contribution in [0.15, 0.2) is 0 Å². The zero-order valence-corrected chi connectivity index (χ0v) is 10.2. The fraction of sp³-hybridized carbons (Fsp3) is 1.00. The van der Waals surface area contributed by atoms with Crippen LogP contribution in [0.5, 0.6) is 0 Å². The molecule has 88 valence electrons. The molecule has 0 amide bonds. The summed E-state index contributed by atoms with van der Waals surface area (Å²) in [5, 5.41) is 0. The Bertz CT molecular complexity index is 209. The van der Waals surface area contributed by atoms with E-state index in [1.54, 1.807) is 0 Å². The van der Waals surface area contributed by atoms with Crippen LogP contribution in [0.2, 0.25) is 0 Å². The van der Waals surface area contributed by atoms with Crippen molar-refractivity contribution in [1.82, 2.24) is 0 Å². The molecule has 0 radical (unpaired) electrons. The van der Waals surface area contributed by atoms with Crippen molar-refractivity contribution in [3.05, 3.63) is 0 Å². The van der Waals surface area contributed by atoms with Crippen molar-refractivity contribution in [3.8, 4) is 0 Å². The average molecular weight is 211 g/mol. The standard InChI is InChI=1S/C13H25NO/c1-13(2)6-3-11(14)9-12(13)10-4-7-15-8-5-10/h10-12H,3-9,14H2,1-2H3. The minimum Gasteiger partial charge on any atom is -0.381 e. The van der Waals surface area contributed by atoms with Crippen molar-refractivity contribution in [3.63, 3.8) is 0 Å². The van der Waals surface area contributed by atoms with Gasteiger partial charge in [-0.25, -0.2) is 0 Å². The van der Waals surface area contributed by atoms with Crippen molar-refractivity contribution < 1.29 is 4.74 Å². The van der Waals surface area contributed by atoms with Crippen molar-refractivity contribution >= 4 is 0 Å². The minimum absolute atomic E-state index is 0.450. The van der Waals surface area contributed by atoms with Gasteiger partial charge in [-0.1, -0.05) is 13.8 Å². The number of hydrogen-bond donors (Lipinski definition) is 1. The smallest absolute Gasteiger partial charge is 0.0468 e. The Labute approximate surface area is 93.6 Å². The van der Waals surface area contributed by atoms with Gasteiger partial charge in [0, 0.05) is 19.3 Å². The van der Waals surface area contributed by atoms with E-state index >= 15 is 0 Å². The van der Waals surface area contributed by atoms with E-state index in [2.05, 4.69) is 13.8 Å². The maximum absolute atomic E-state index is 6.12. The molecule has 2 unspecified atom stereocenters. The zero-order valence-electron chi connectivity index (χ0n) is 10.2. The first-order valence-corrected chi connectivity index (χ1v) is 6.43. The van der Waals surface area contributed by atoms with E-state index in [1.165, 1.54) is 32.1 Å².